The molecule has 2 N–H and O–H groups in total. The van der Waals surface area contributed by atoms with Gasteiger partial charge in [-0.05, 0) is 38.1 Å². The van der Waals surface area contributed by atoms with E-state index < -0.39 is 0 Å². The summed E-state index contributed by atoms with van der Waals surface area (Å²) in [6.45, 7) is 3.51. The molecule has 0 bridgehead atoms. The van der Waals surface area contributed by atoms with Gasteiger partial charge in [-0.15, -0.1) is 0 Å². The molecule has 2 heterocycles. The highest BCUT2D eigenvalue weighted by Gasteiger charge is 2.14. The average molecular weight is 388 g/mol. The van der Waals surface area contributed by atoms with E-state index in [1.54, 1.807) is 44.2 Å². The molecular formula is C16H14BrN5O2. The van der Waals surface area contributed by atoms with Crippen LogP contribution in [0.3, 0.4) is 0 Å². The van der Waals surface area contributed by atoms with Crippen LogP contribution in [0, 0.1) is 13.8 Å². The third kappa shape index (κ3) is 3.43. The molecule has 0 fully saturated rings. The summed E-state index contributed by atoms with van der Waals surface area (Å²) in [6, 6.07) is 10.1. The van der Waals surface area contributed by atoms with Gasteiger partial charge in [-0.2, -0.15) is 9.78 Å². The summed E-state index contributed by atoms with van der Waals surface area (Å²) in [5.74, 6) is 0.395. The van der Waals surface area contributed by atoms with E-state index in [9.17, 15) is 9.59 Å². The van der Waals surface area contributed by atoms with E-state index in [4.69, 9.17) is 0 Å². The smallest absolute Gasteiger partial charge is 0.256 e. The zero-order valence-electron chi connectivity index (χ0n) is 13.0. The van der Waals surface area contributed by atoms with E-state index >= 15 is 0 Å². The lowest BCUT2D eigenvalue weighted by atomic mass is 10.2. The number of carbonyl (C=O) groups excluding carboxylic acids is 1. The average Bonchev–Trinajstić information content (AvgIpc) is 2.87. The van der Waals surface area contributed by atoms with Gasteiger partial charge in [0.2, 0.25) is 5.95 Å². The number of rotatable bonds is 3. The molecule has 7 nitrogen and oxygen atoms in total. The number of nitrogens with zero attached hydrogens (tertiary/aromatic N) is 3. The zero-order chi connectivity index (χ0) is 17.3. The minimum atomic E-state index is -0.282. The van der Waals surface area contributed by atoms with Crippen molar-refractivity contribution in [2.75, 3.05) is 5.32 Å². The molecule has 0 aliphatic heterocycles. The topological polar surface area (TPSA) is 92.7 Å². The van der Waals surface area contributed by atoms with Crippen LogP contribution in [0.4, 0.5) is 5.82 Å². The van der Waals surface area contributed by atoms with E-state index in [1.807, 2.05) is 0 Å². The van der Waals surface area contributed by atoms with E-state index in [2.05, 4.69) is 36.3 Å². The van der Waals surface area contributed by atoms with Crippen molar-refractivity contribution in [2.24, 2.45) is 0 Å². The van der Waals surface area contributed by atoms with Crippen molar-refractivity contribution in [2.45, 2.75) is 13.8 Å². The number of aromatic nitrogens is 4. The second-order valence-corrected chi connectivity index (χ2v) is 6.17. The molecule has 0 saturated carbocycles. The van der Waals surface area contributed by atoms with Gasteiger partial charge >= 0.3 is 0 Å². The molecule has 0 spiro atoms. The fourth-order valence-electron chi connectivity index (χ4n) is 2.20. The first-order valence-corrected chi connectivity index (χ1v) is 7.93. The van der Waals surface area contributed by atoms with Gasteiger partial charge in [0.05, 0.1) is 5.69 Å². The van der Waals surface area contributed by atoms with Crippen molar-refractivity contribution >= 4 is 27.7 Å². The molecule has 0 atom stereocenters. The van der Waals surface area contributed by atoms with Gasteiger partial charge in [-0.1, -0.05) is 15.9 Å². The second-order valence-electron chi connectivity index (χ2n) is 5.25. The van der Waals surface area contributed by atoms with E-state index in [0.29, 0.717) is 22.8 Å². The number of aromatic amines is 1. The molecule has 2 aromatic heterocycles. The van der Waals surface area contributed by atoms with E-state index in [1.165, 1.54) is 10.7 Å². The van der Waals surface area contributed by atoms with Gasteiger partial charge in [0, 0.05) is 27.9 Å². The summed E-state index contributed by atoms with van der Waals surface area (Å²) in [5, 5.41) is 7.07. The van der Waals surface area contributed by atoms with Crippen LogP contribution in [-0.4, -0.2) is 25.7 Å². The van der Waals surface area contributed by atoms with Crippen LogP contribution < -0.4 is 10.9 Å². The Bertz CT molecular complexity index is 959. The Morgan fingerprint density at radius 2 is 1.88 bits per heavy atom. The number of anilines is 1. The molecule has 0 unspecified atom stereocenters. The fourth-order valence-corrected chi connectivity index (χ4v) is 2.47. The van der Waals surface area contributed by atoms with Crippen LogP contribution in [0.25, 0.3) is 5.95 Å². The molecule has 0 radical (unpaired) electrons. The van der Waals surface area contributed by atoms with Gasteiger partial charge < -0.3 is 5.32 Å². The summed E-state index contributed by atoms with van der Waals surface area (Å²) >= 11 is 3.33. The number of nitrogens with one attached hydrogen (secondary N) is 2. The highest BCUT2D eigenvalue weighted by atomic mass is 79.9. The molecule has 24 heavy (non-hydrogen) atoms. The first-order chi connectivity index (χ1) is 11.4. The molecule has 0 aliphatic carbocycles. The largest absolute Gasteiger partial charge is 0.306 e. The number of H-pyrrole nitrogens is 1. The van der Waals surface area contributed by atoms with Crippen molar-refractivity contribution < 1.29 is 4.79 Å². The predicted octanol–water partition coefficient (Wildman–Crippen LogP) is 2.59. The van der Waals surface area contributed by atoms with E-state index in [0.717, 1.165) is 4.47 Å². The second kappa shape index (κ2) is 6.40. The summed E-state index contributed by atoms with van der Waals surface area (Å²) in [6.07, 6.45) is 0. The van der Waals surface area contributed by atoms with Crippen LogP contribution in [0.1, 0.15) is 21.7 Å². The number of aryl methyl sites for hydroxylation is 2. The summed E-state index contributed by atoms with van der Waals surface area (Å²) in [7, 11) is 0. The quantitative estimate of drug-likeness (QED) is 0.722. The minimum Gasteiger partial charge on any atom is -0.306 e. The Morgan fingerprint density at radius 3 is 2.54 bits per heavy atom. The van der Waals surface area contributed by atoms with Crippen LogP contribution in [0.5, 0.6) is 0 Å². The number of hydrogen-bond acceptors (Lipinski definition) is 4. The molecule has 0 aliphatic rings. The third-order valence-electron chi connectivity index (χ3n) is 3.24. The van der Waals surface area contributed by atoms with Gasteiger partial charge in [0.1, 0.15) is 5.82 Å². The lowest BCUT2D eigenvalue weighted by Crippen LogP contribution is -2.18. The maximum atomic E-state index is 12.4. The number of benzene rings is 1. The Balaban J connectivity index is 1.96. The van der Waals surface area contributed by atoms with Crippen LogP contribution in [0.15, 0.2) is 45.7 Å². The van der Waals surface area contributed by atoms with Crippen molar-refractivity contribution in [1.82, 2.24) is 19.7 Å². The van der Waals surface area contributed by atoms with Crippen LogP contribution >= 0.6 is 15.9 Å². The molecule has 8 heteroatoms. The number of hydrogen-bond donors (Lipinski definition) is 2. The van der Waals surface area contributed by atoms with Gasteiger partial charge in [0.15, 0.2) is 0 Å². The summed E-state index contributed by atoms with van der Waals surface area (Å²) in [5.41, 5.74) is 1.47. The molecular weight excluding hydrogens is 374 g/mol. The normalized spacial score (nSPS) is 10.6. The fraction of sp³-hybridized carbons (Fsp3) is 0.125. The van der Waals surface area contributed by atoms with E-state index in [-0.39, 0.29) is 17.4 Å². The van der Waals surface area contributed by atoms with Gasteiger partial charge in [-0.25, -0.2) is 4.98 Å². The van der Waals surface area contributed by atoms with Crippen molar-refractivity contribution in [3.05, 3.63) is 68.2 Å². The Kier molecular flexibility index (Phi) is 4.30. The molecule has 0 saturated heterocycles. The van der Waals surface area contributed by atoms with Crippen molar-refractivity contribution in [3.8, 4) is 5.95 Å². The highest BCUT2D eigenvalue weighted by molar-refractivity contribution is 9.10. The monoisotopic (exact) mass is 387 g/mol. The zero-order valence-corrected chi connectivity index (χ0v) is 14.6. The summed E-state index contributed by atoms with van der Waals surface area (Å²) < 4.78 is 2.29. The lowest BCUT2D eigenvalue weighted by Gasteiger charge is -2.08. The minimum absolute atomic E-state index is 0.249. The van der Waals surface area contributed by atoms with Crippen LogP contribution in [-0.2, 0) is 0 Å². The Labute approximate surface area is 145 Å². The third-order valence-corrected chi connectivity index (χ3v) is 3.77. The molecule has 1 amide bonds. The summed E-state index contributed by atoms with van der Waals surface area (Å²) in [4.78, 5) is 30.9. The maximum Gasteiger partial charge on any atom is 0.256 e. The van der Waals surface area contributed by atoms with Gasteiger partial charge in [0.25, 0.3) is 11.5 Å². The van der Waals surface area contributed by atoms with Gasteiger partial charge in [-0.3, -0.25) is 14.6 Å². The molecule has 122 valence electrons. The van der Waals surface area contributed by atoms with Crippen LogP contribution in [0.2, 0.25) is 0 Å². The van der Waals surface area contributed by atoms with Crippen molar-refractivity contribution in [1.29, 1.82) is 0 Å². The number of amides is 1. The molecule has 3 rings (SSSR count). The predicted molar refractivity (Wildman–Crippen MR) is 93.5 cm³/mol. The highest BCUT2D eigenvalue weighted by Crippen LogP contribution is 2.16. The first kappa shape index (κ1) is 16.1. The standard InChI is InChI=1S/C16H14BrN5O2/c1-9-8-14(23)20-16(18-9)22-13(7-10(2)21-22)19-15(24)11-3-5-12(17)6-4-11/h3-8H,1-2H3,(H,19,24)(H,18,20,23). The first-order valence-electron chi connectivity index (χ1n) is 7.14. The Hall–Kier alpha value is -2.74. The Morgan fingerprint density at radius 1 is 1.17 bits per heavy atom. The maximum absolute atomic E-state index is 12.4. The SMILES string of the molecule is Cc1cc(=O)[nH]c(-n2nc(C)cc2NC(=O)c2ccc(Br)cc2)n1. The number of carbonyl (C=O) groups is 1. The number of halogens is 1. The molecule has 3 aromatic rings. The molecule has 1 aromatic carbocycles. The lowest BCUT2D eigenvalue weighted by molar-refractivity contribution is 0.102. The van der Waals surface area contributed by atoms with Crippen molar-refractivity contribution in [3.63, 3.8) is 0 Å².